The minimum absolute atomic E-state index is 0.169. The fourth-order valence-corrected chi connectivity index (χ4v) is 3.06. The van der Waals surface area contributed by atoms with Gasteiger partial charge in [0.25, 0.3) is 5.56 Å². The number of aromatic nitrogens is 1. The van der Waals surface area contributed by atoms with Crippen LogP contribution in [0.3, 0.4) is 0 Å². The van der Waals surface area contributed by atoms with Crippen LogP contribution in [-0.4, -0.2) is 37.1 Å². The maximum atomic E-state index is 13.1. The summed E-state index contributed by atoms with van der Waals surface area (Å²) < 4.78 is 10.4. The van der Waals surface area contributed by atoms with Crippen molar-refractivity contribution in [3.63, 3.8) is 0 Å². The summed E-state index contributed by atoms with van der Waals surface area (Å²) in [6, 6.07) is 8.78. The summed E-state index contributed by atoms with van der Waals surface area (Å²) in [5, 5.41) is 1.15. The smallest absolute Gasteiger partial charge is 0.257 e. The molecule has 0 atom stereocenters. The third-order valence-corrected chi connectivity index (χ3v) is 4.25. The van der Waals surface area contributed by atoms with Crippen molar-refractivity contribution in [3.8, 4) is 0 Å². The summed E-state index contributed by atoms with van der Waals surface area (Å²) in [6.07, 6.45) is 2.89. The number of furan rings is 1. The summed E-state index contributed by atoms with van der Waals surface area (Å²) in [5.41, 5.74) is 0.756. The van der Waals surface area contributed by atoms with E-state index in [-0.39, 0.29) is 11.3 Å². The number of pyridine rings is 1. The van der Waals surface area contributed by atoms with Gasteiger partial charge in [-0.1, -0.05) is 18.2 Å². The lowest BCUT2D eigenvalue weighted by molar-refractivity contribution is 0.103. The van der Waals surface area contributed by atoms with Crippen molar-refractivity contribution in [3.05, 3.63) is 64.3 Å². The number of hydrogen-bond acceptors (Lipinski definition) is 5. The molecule has 3 aromatic rings. The van der Waals surface area contributed by atoms with Gasteiger partial charge in [-0.15, -0.1) is 0 Å². The molecule has 122 valence electrons. The van der Waals surface area contributed by atoms with Gasteiger partial charge in [0.1, 0.15) is 12.1 Å². The molecule has 3 heterocycles. The largest absolute Gasteiger partial charge is 0.472 e. The van der Waals surface area contributed by atoms with E-state index in [1.54, 1.807) is 18.2 Å². The topological polar surface area (TPSA) is 75.5 Å². The quantitative estimate of drug-likeness (QED) is 0.748. The van der Waals surface area contributed by atoms with Crippen LogP contribution < -0.4 is 10.5 Å². The number of ketones is 1. The lowest BCUT2D eigenvalue weighted by Gasteiger charge is -2.30. The fraction of sp³-hybridized carbons (Fsp3) is 0.222. The average molecular weight is 324 g/mol. The van der Waals surface area contributed by atoms with E-state index in [4.69, 9.17) is 9.15 Å². The maximum Gasteiger partial charge on any atom is 0.257 e. The Morgan fingerprint density at radius 2 is 1.83 bits per heavy atom. The van der Waals surface area contributed by atoms with Crippen LogP contribution >= 0.6 is 0 Å². The second-order valence-corrected chi connectivity index (χ2v) is 5.66. The molecular formula is C18H16N2O4. The summed E-state index contributed by atoms with van der Waals surface area (Å²) in [7, 11) is 0. The van der Waals surface area contributed by atoms with Gasteiger partial charge in [0.15, 0.2) is 0 Å². The SMILES string of the molecule is O=C(c1ccoc1)c1c(N2CCOCC2)[nH]c(=O)c2ccccc12. The van der Waals surface area contributed by atoms with E-state index in [1.807, 2.05) is 17.0 Å². The molecule has 0 radical (unpaired) electrons. The predicted octanol–water partition coefficient (Wildman–Crippen LogP) is 2.19. The van der Waals surface area contributed by atoms with Crippen LogP contribution in [0.15, 0.2) is 52.1 Å². The zero-order valence-corrected chi connectivity index (χ0v) is 13.0. The van der Waals surface area contributed by atoms with Gasteiger partial charge in [0.05, 0.1) is 30.6 Å². The molecule has 6 nitrogen and oxygen atoms in total. The summed E-state index contributed by atoms with van der Waals surface area (Å²) in [6.45, 7) is 2.38. The molecule has 0 bridgehead atoms. The number of nitrogens with zero attached hydrogens (tertiary/aromatic N) is 1. The van der Waals surface area contributed by atoms with E-state index in [0.717, 1.165) is 0 Å². The average Bonchev–Trinajstić information content (AvgIpc) is 3.17. The third-order valence-electron chi connectivity index (χ3n) is 4.25. The Morgan fingerprint density at radius 3 is 2.54 bits per heavy atom. The van der Waals surface area contributed by atoms with Crippen LogP contribution in [0.1, 0.15) is 15.9 Å². The van der Waals surface area contributed by atoms with Crippen LogP contribution in [-0.2, 0) is 4.74 Å². The number of rotatable bonds is 3. The lowest BCUT2D eigenvalue weighted by Crippen LogP contribution is -2.38. The molecule has 6 heteroatoms. The number of aromatic amines is 1. The van der Waals surface area contributed by atoms with Crippen LogP contribution in [0.2, 0.25) is 0 Å². The molecule has 0 spiro atoms. The summed E-state index contributed by atoms with van der Waals surface area (Å²) in [5.74, 6) is 0.380. The molecule has 1 aliphatic rings. The van der Waals surface area contributed by atoms with Crippen molar-refractivity contribution in [2.24, 2.45) is 0 Å². The van der Waals surface area contributed by atoms with E-state index in [1.165, 1.54) is 12.5 Å². The third kappa shape index (κ3) is 2.41. The molecule has 1 aromatic carbocycles. The molecule has 24 heavy (non-hydrogen) atoms. The van der Waals surface area contributed by atoms with Gasteiger partial charge in [0.2, 0.25) is 5.78 Å². The van der Waals surface area contributed by atoms with Gasteiger partial charge < -0.3 is 19.0 Å². The Balaban J connectivity index is 1.98. The van der Waals surface area contributed by atoms with Crippen molar-refractivity contribution in [2.45, 2.75) is 0 Å². The van der Waals surface area contributed by atoms with Crippen LogP contribution in [0.4, 0.5) is 5.82 Å². The normalized spacial score (nSPS) is 14.9. The van der Waals surface area contributed by atoms with Crippen molar-refractivity contribution < 1.29 is 13.9 Å². The first-order valence-electron chi connectivity index (χ1n) is 7.80. The van der Waals surface area contributed by atoms with E-state index in [0.29, 0.717) is 54.0 Å². The van der Waals surface area contributed by atoms with Crippen molar-refractivity contribution in [2.75, 3.05) is 31.2 Å². The van der Waals surface area contributed by atoms with Crippen molar-refractivity contribution in [1.82, 2.24) is 4.98 Å². The van der Waals surface area contributed by atoms with Gasteiger partial charge in [-0.25, -0.2) is 0 Å². The number of morpholine rings is 1. The number of ether oxygens (including phenoxy) is 1. The highest BCUT2D eigenvalue weighted by Crippen LogP contribution is 2.28. The first-order chi connectivity index (χ1) is 11.8. The zero-order valence-electron chi connectivity index (χ0n) is 13.0. The van der Waals surface area contributed by atoms with Crippen LogP contribution in [0.5, 0.6) is 0 Å². The second-order valence-electron chi connectivity index (χ2n) is 5.66. The molecule has 1 fully saturated rings. The molecule has 1 N–H and O–H groups in total. The number of hydrogen-bond donors (Lipinski definition) is 1. The number of H-pyrrole nitrogens is 1. The molecule has 1 aliphatic heterocycles. The predicted molar refractivity (Wildman–Crippen MR) is 89.7 cm³/mol. The first kappa shape index (κ1) is 14.7. The first-order valence-corrected chi connectivity index (χ1v) is 7.80. The number of carbonyl (C=O) groups excluding carboxylic acids is 1. The highest BCUT2D eigenvalue weighted by molar-refractivity contribution is 6.19. The van der Waals surface area contributed by atoms with E-state index in [9.17, 15) is 9.59 Å². The molecule has 0 unspecified atom stereocenters. The van der Waals surface area contributed by atoms with Gasteiger partial charge in [0, 0.05) is 23.9 Å². The number of carbonyl (C=O) groups is 1. The number of nitrogens with one attached hydrogen (secondary N) is 1. The molecule has 2 aromatic heterocycles. The van der Waals surface area contributed by atoms with E-state index >= 15 is 0 Å². The van der Waals surface area contributed by atoms with Crippen molar-refractivity contribution in [1.29, 1.82) is 0 Å². The van der Waals surface area contributed by atoms with Gasteiger partial charge in [-0.2, -0.15) is 0 Å². The highest BCUT2D eigenvalue weighted by atomic mass is 16.5. The highest BCUT2D eigenvalue weighted by Gasteiger charge is 2.24. The number of fused-ring (bicyclic) bond motifs is 1. The molecule has 0 saturated carbocycles. The zero-order chi connectivity index (χ0) is 16.5. The summed E-state index contributed by atoms with van der Waals surface area (Å²) >= 11 is 0. The van der Waals surface area contributed by atoms with E-state index < -0.39 is 0 Å². The molecule has 1 saturated heterocycles. The Hall–Kier alpha value is -2.86. The Kier molecular flexibility index (Phi) is 3.66. The minimum Gasteiger partial charge on any atom is -0.472 e. The van der Waals surface area contributed by atoms with Gasteiger partial charge in [-0.3, -0.25) is 9.59 Å². The van der Waals surface area contributed by atoms with Gasteiger partial charge >= 0.3 is 0 Å². The number of anilines is 1. The fourth-order valence-electron chi connectivity index (χ4n) is 3.06. The maximum absolute atomic E-state index is 13.1. The van der Waals surface area contributed by atoms with Crippen LogP contribution in [0.25, 0.3) is 10.8 Å². The molecule has 0 amide bonds. The lowest BCUT2D eigenvalue weighted by atomic mass is 9.99. The standard InChI is InChI=1S/C18H16N2O4/c21-16(12-5-8-24-11-12)15-13-3-1-2-4-14(13)18(22)19-17(15)20-6-9-23-10-7-20/h1-5,8,11H,6-7,9-10H2,(H,19,22). The molecular weight excluding hydrogens is 308 g/mol. The minimum atomic E-state index is -0.198. The Labute approximate surface area is 137 Å². The second kappa shape index (κ2) is 5.98. The molecule has 4 rings (SSSR count). The molecule has 0 aliphatic carbocycles. The number of benzene rings is 1. The Bertz CT molecular complexity index is 937. The van der Waals surface area contributed by atoms with E-state index in [2.05, 4.69) is 4.98 Å². The van der Waals surface area contributed by atoms with Crippen LogP contribution in [0, 0.1) is 0 Å². The monoisotopic (exact) mass is 324 g/mol. The van der Waals surface area contributed by atoms with Crippen molar-refractivity contribution >= 4 is 22.4 Å². The van der Waals surface area contributed by atoms with Gasteiger partial charge in [-0.05, 0) is 12.1 Å². The Morgan fingerprint density at radius 1 is 1.08 bits per heavy atom. The summed E-state index contributed by atoms with van der Waals surface area (Å²) in [4.78, 5) is 30.4.